The van der Waals surface area contributed by atoms with E-state index < -0.39 is 0 Å². The van der Waals surface area contributed by atoms with E-state index in [9.17, 15) is 14.0 Å². The monoisotopic (exact) mass is 475 g/mol. The van der Waals surface area contributed by atoms with Crippen molar-refractivity contribution in [3.63, 3.8) is 0 Å². The second-order valence-electron chi connectivity index (χ2n) is 8.61. The van der Waals surface area contributed by atoms with Crippen LogP contribution in [0.5, 0.6) is 5.75 Å². The molecule has 1 aliphatic rings. The van der Waals surface area contributed by atoms with Crippen LogP contribution in [-0.4, -0.2) is 36.5 Å². The minimum Gasteiger partial charge on any atom is -0.494 e. The number of carbonyl (C=O) groups excluding carboxylic acids is 2. The molecule has 1 aliphatic heterocycles. The summed E-state index contributed by atoms with van der Waals surface area (Å²) in [6.45, 7) is 4.04. The Labute approximate surface area is 205 Å². The van der Waals surface area contributed by atoms with Crippen molar-refractivity contribution >= 4 is 17.6 Å². The molecule has 4 rings (SSSR count). The van der Waals surface area contributed by atoms with E-state index in [1.54, 1.807) is 18.2 Å². The van der Waals surface area contributed by atoms with Gasteiger partial charge in [-0.05, 0) is 79.4 Å². The lowest BCUT2D eigenvalue weighted by molar-refractivity contribution is 0.0950. The molecule has 3 amide bonds. The highest BCUT2D eigenvalue weighted by molar-refractivity contribution is 5.94. The summed E-state index contributed by atoms with van der Waals surface area (Å²) in [5, 5.41) is 5.81. The predicted molar refractivity (Wildman–Crippen MR) is 134 cm³/mol. The van der Waals surface area contributed by atoms with Gasteiger partial charge in [-0.1, -0.05) is 24.3 Å². The van der Waals surface area contributed by atoms with Crippen LogP contribution in [0.1, 0.15) is 47.2 Å². The summed E-state index contributed by atoms with van der Waals surface area (Å²) >= 11 is 0. The number of hydrogen-bond acceptors (Lipinski definition) is 3. The van der Waals surface area contributed by atoms with Crippen molar-refractivity contribution in [1.82, 2.24) is 10.2 Å². The van der Waals surface area contributed by atoms with Crippen molar-refractivity contribution < 1.29 is 18.7 Å². The maximum Gasteiger partial charge on any atom is 0.321 e. The van der Waals surface area contributed by atoms with Crippen molar-refractivity contribution in [3.05, 3.63) is 95.3 Å². The Balaban J connectivity index is 1.36. The molecule has 2 N–H and O–H groups in total. The van der Waals surface area contributed by atoms with Gasteiger partial charge in [0.15, 0.2) is 0 Å². The van der Waals surface area contributed by atoms with Crippen molar-refractivity contribution in [2.24, 2.45) is 0 Å². The first-order valence-electron chi connectivity index (χ1n) is 11.9. The molecule has 1 heterocycles. The number of urea groups is 1. The zero-order chi connectivity index (χ0) is 24.6. The van der Waals surface area contributed by atoms with Gasteiger partial charge in [0.1, 0.15) is 11.6 Å². The number of rotatable bonds is 7. The van der Waals surface area contributed by atoms with Crippen LogP contribution in [0.15, 0.2) is 72.8 Å². The van der Waals surface area contributed by atoms with E-state index in [-0.39, 0.29) is 30.2 Å². The highest BCUT2D eigenvalue weighted by Crippen LogP contribution is 2.28. The summed E-state index contributed by atoms with van der Waals surface area (Å²) in [6.07, 6.45) is 1.83. The van der Waals surface area contributed by atoms with Crippen molar-refractivity contribution in [3.8, 4) is 5.75 Å². The molecule has 0 unspecified atom stereocenters. The summed E-state index contributed by atoms with van der Waals surface area (Å²) in [5.74, 6) is 0.373. The number of nitrogens with zero attached hydrogens (tertiary/aromatic N) is 1. The first-order valence-corrected chi connectivity index (χ1v) is 11.9. The lowest BCUT2D eigenvalue weighted by atomic mass is 9.89. The van der Waals surface area contributed by atoms with Gasteiger partial charge in [-0.25, -0.2) is 9.18 Å². The Morgan fingerprint density at radius 3 is 2.63 bits per heavy atom. The van der Waals surface area contributed by atoms with Gasteiger partial charge >= 0.3 is 6.03 Å². The highest BCUT2D eigenvalue weighted by atomic mass is 19.1. The Hall–Kier alpha value is -3.87. The van der Waals surface area contributed by atoms with Gasteiger partial charge in [0, 0.05) is 36.8 Å². The third kappa shape index (κ3) is 6.59. The molecule has 1 atom stereocenters. The molecule has 0 aromatic heterocycles. The third-order valence-electron chi connectivity index (χ3n) is 6.09. The van der Waals surface area contributed by atoms with Crippen LogP contribution in [-0.2, 0) is 6.54 Å². The number of benzene rings is 3. The van der Waals surface area contributed by atoms with Crippen LogP contribution in [0.2, 0.25) is 0 Å². The van der Waals surface area contributed by atoms with E-state index in [0.29, 0.717) is 30.8 Å². The largest absolute Gasteiger partial charge is 0.494 e. The molecule has 0 aliphatic carbocycles. The zero-order valence-corrected chi connectivity index (χ0v) is 19.8. The summed E-state index contributed by atoms with van der Waals surface area (Å²) < 4.78 is 18.8. The number of likely N-dealkylation sites (tertiary alicyclic amines) is 1. The number of carbonyl (C=O) groups is 2. The molecule has 0 bridgehead atoms. The van der Waals surface area contributed by atoms with Gasteiger partial charge in [-0.3, -0.25) is 4.79 Å². The van der Waals surface area contributed by atoms with Gasteiger partial charge in [0.05, 0.1) is 6.61 Å². The number of hydrogen-bond donors (Lipinski definition) is 2. The number of halogens is 1. The van der Waals surface area contributed by atoms with Crippen LogP contribution in [0.4, 0.5) is 14.9 Å². The number of piperidine rings is 1. The number of amides is 3. The van der Waals surface area contributed by atoms with Crippen LogP contribution >= 0.6 is 0 Å². The van der Waals surface area contributed by atoms with Crippen LogP contribution in [0.3, 0.4) is 0 Å². The molecule has 182 valence electrons. The Bertz CT molecular complexity index is 1170. The summed E-state index contributed by atoms with van der Waals surface area (Å²) in [6, 6.07) is 20.9. The Morgan fingerprint density at radius 2 is 1.86 bits per heavy atom. The smallest absolute Gasteiger partial charge is 0.321 e. The van der Waals surface area contributed by atoms with E-state index in [1.165, 1.54) is 12.1 Å². The Kier molecular flexibility index (Phi) is 7.98. The number of ether oxygens (including phenoxy) is 1. The van der Waals surface area contributed by atoms with E-state index in [2.05, 4.69) is 10.6 Å². The summed E-state index contributed by atoms with van der Waals surface area (Å²) in [4.78, 5) is 27.4. The average Bonchev–Trinajstić information content (AvgIpc) is 2.89. The number of nitrogens with one attached hydrogen (secondary N) is 2. The second-order valence-corrected chi connectivity index (χ2v) is 8.61. The topological polar surface area (TPSA) is 70.7 Å². The molecular weight excluding hydrogens is 445 g/mol. The molecule has 1 fully saturated rings. The molecule has 0 saturated carbocycles. The molecule has 0 spiro atoms. The molecule has 0 radical (unpaired) electrons. The number of anilines is 1. The molecule has 3 aromatic carbocycles. The van der Waals surface area contributed by atoms with E-state index in [4.69, 9.17) is 4.74 Å². The van der Waals surface area contributed by atoms with E-state index in [1.807, 2.05) is 54.3 Å². The maximum atomic E-state index is 13.4. The fourth-order valence-corrected chi connectivity index (χ4v) is 4.30. The SMILES string of the molecule is CCOc1ccc(NC(=O)N2CCC[C@H](c3cccc(C(=O)NCc4cccc(F)c4)c3)C2)cc1. The normalized spacial score (nSPS) is 15.4. The molecule has 35 heavy (non-hydrogen) atoms. The lowest BCUT2D eigenvalue weighted by Gasteiger charge is -2.33. The summed E-state index contributed by atoms with van der Waals surface area (Å²) in [7, 11) is 0. The Morgan fingerprint density at radius 1 is 1.06 bits per heavy atom. The average molecular weight is 476 g/mol. The van der Waals surface area contributed by atoms with E-state index >= 15 is 0 Å². The summed E-state index contributed by atoms with van der Waals surface area (Å²) in [5.41, 5.74) is 3.00. The maximum absolute atomic E-state index is 13.4. The minimum absolute atomic E-state index is 0.136. The molecule has 3 aromatic rings. The minimum atomic E-state index is -0.327. The fourth-order valence-electron chi connectivity index (χ4n) is 4.30. The van der Waals surface area contributed by atoms with E-state index in [0.717, 1.165) is 29.8 Å². The molecule has 6 nitrogen and oxygen atoms in total. The first-order chi connectivity index (χ1) is 17.0. The standard InChI is InChI=1S/C28H30FN3O3/c1-2-35-26-13-11-25(12-14-26)31-28(34)32-15-5-9-23(19-32)21-7-4-8-22(17-21)27(33)30-18-20-6-3-10-24(29)16-20/h3-4,6-8,10-14,16-17,23H,2,5,9,15,18-19H2,1H3,(H,30,33)(H,31,34)/t23-/m0/s1. The van der Waals surface area contributed by atoms with Gasteiger partial charge in [-0.15, -0.1) is 0 Å². The molecule has 7 heteroatoms. The van der Waals surface area contributed by atoms with Crippen LogP contribution in [0, 0.1) is 5.82 Å². The molecule has 1 saturated heterocycles. The zero-order valence-electron chi connectivity index (χ0n) is 19.8. The lowest BCUT2D eigenvalue weighted by Crippen LogP contribution is -2.41. The quantitative estimate of drug-likeness (QED) is 0.470. The van der Waals surface area contributed by atoms with Gasteiger partial charge in [-0.2, -0.15) is 0 Å². The third-order valence-corrected chi connectivity index (χ3v) is 6.09. The van der Waals surface area contributed by atoms with Gasteiger partial charge in [0.2, 0.25) is 0 Å². The second kappa shape index (κ2) is 11.5. The first kappa shape index (κ1) is 24.3. The van der Waals surface area contributed by atoms with Crippen molar-refractivity contribution in [2.75, 3.05) is 25.0 Å². The van der Waals surface area contributed by atoms with Crippen molar-refractivity contribution in [2.45, 2.75) is 32.2 Å². The van der Waals surface area contributed by atoms with Gasteiger partial charge in [0.25, 0.3) is 5.91 Å². The molecular formula is C28H30FN3O3. The fraction of sp³-hybridized carbons (Fsp3) is 0.286. The predicted octanol–water partition coefficient (Wildman–Crippen LogP) is 5.57. The van der Waals surface area contributed by atoms with Crippen LogP contribution < -0.4 is 15.4 Å². The van der Waals surface area contributed by atoms with Crippen LogP contribution in [0.25, 0.3) is 0 Å². The highest BCUT2D eigenvalue weighted by Gasteiger charge is 2.25. The van der Waals surface area contributed by atoms with Gasteiger partial charge < -0.3 is 20.3 Å². The van der Waals surface area contributed by atoms with Crippen molar-refractivity contribution in [1.29, 1.82) is 0 Å².